The van der Waals surface area contributed by atoms with E-state index in [1.165, 1.54) is 12.8 Å². The number of aromatic nitrogens is 2. The zero-order valence-electron chi connectivity index (χ0n) is 10.6. The highest BCUT2D eigenvalue weighted by Gasteiger charge is 2.18. The number of ether oxygens (including phenoxy) is 1. The quantitative estimate of drug-likeness (QED) is 0.848. The molecule has 17 heavy (non-hydrogen) atoms. The van der Waals surface area contributed by atoms with Crippen molar-refractivity contribution < 1.29 is 4.74 Å². The topological polar surface area (TPSA) is 47.0 Å². The first-order chi connectivity index (χ1) is 8.29. The van der Waals surface area contributed by atoms with E-state index in [-0.39, 0.29) is 6.04 Å². The van der Waals surface area contributed by atoms with E-state index in [4.69, 9.17) is 4.74 Å². The van der Waals surface area contributed by atoms with E-state index in [2.05, 4.69) is 15.3 Å². The molecule has 0 aliphatic carbocycles. The molecule has 1 aliphatic rings. The van der Waals surface area contributed by atoms with Crippen molar-refractivity contribution >= 4 is 0 Å². The van der Waals surface area contributed by atoms with E-state index >= 15 is 0 Å². The van der Waals surface area contributed by atoms with Gasteiger partial charge in [0, 0.05) is 12.8 Å². The second-order valence-electron chi connectivity index (χ2n) is 4.64. The summed E-state index contributed by atoms with van der Waals surface area (Å²) in [6.07, 6.45) is 8.71. The van der Waals surface area contributed by atoms with Gasteiger partial charge in [0.25, 0.3) is 0 Å². The summed E-state index contributed by atoms with van der Waals surface area (Å²) in [5.74, 6) is 0. The van der Waals surface area contributed by atoms with Gasteiger partial charge in [-0.2, -0.15) is 0 Å². The van der Waals surface area contributed by atoms with Gasteiger partial charge in [0.1, 0.15) is 0 Å². The van der Waals surface area contributed by atoms with Crippen LogP contribution in [0.4, 0.5) is 0 Å². The van der Waals surface area contributed by atoms with Gasteiger partial charge in [-0.3, -0.25) is 9.97 Å². The minimum Gasteiger partial charge on any atom is -0.378 e. The zero-order chi connectivity index (χ0) is 12.1. The Morgan fingerprint density at radius 2 is 2.35 bits per heavy atom. The van der Waals surface area contributed by atoms with Crippen LogP contribution in [0, 0.1) is 6.92 Å². The zero-order valence-corrected chi connectivity index (χ0v) is 10.6. The Kier molecular flexibility index (Phi) is 4.45. The lowest BCUT2D eigenvalue weighted by atomic mass is 10.0. The van der Waals surface area contributed by atoms with Crippen LogP contribution in [-0.2, 0) is 4.74 Å². The molecule has 1 aliphatic heterocycles. The molecule has 2 heterocycles. The molecule has 0 spiro atoms. The second-order valence-corrected chi connectivity index (χ2v) is 4.64. The summed E-state index contributed by atoms with van der Waals surface area (Å²) in [6.45, 7) is 2.89. The highest BCUT2D eigenvalue weighted by molar-refractivity contribution is 5.05. The van der Waals surface area contributed by atoms with Crippen LogP contribution in [0.5, 0.6) is 0 Å². The number of hydrogen-bond donors (Lipinski definition) is 1. The van der Waals surface area contributed by atoms with Gasteiger partial charge in [-0.05, 0) is 39.7 Å². The third kappa shape index (κ3) is 3.48. The van der Waals surface area contributed by atoms with E-state index in [0.29, 0.717) is 6.10 Å². The molecule has 1 aromatic rings. The van der Waals surface area contributed by atoms with Crippen LogP contribution in [0.2, 0.25) is 0 Å². The van der Waals surface area contributed by atoms with Crippen molar-refractivity contribution in [2.24, 2.45) is 0 Å². The molecule has 1 N–H and O–H groups in total. The van der Waals surface area contributed by atoms with Crippen molar-refractivity contribution in [3.05, 3.63) is 23.8 Å². The SMILES string of the molecule is CNC(CCC1CCCO1)c1cnc(C)cn1. The molecule has 4 nitrogen and oxygen atoms in total. The van der Waals surface area contributed by atoms with Crippen LogP contribution in [-0.4, -0.2) is 29.7 Å². The molecule has 0 bridgehead atoms. The number of nitrogens with zero attached hydrogens (tertiary/aromatic N) is 2. The van der Waals surface area contributed by atoms with Crippen LogP contribution in [0.25, 0.3) is 0 Å². The monoisotopic (exact) mass is 235 g/mol. The molecular formula is C13H21N3O. The summed E-state index contributed by atoms with van der Waals surface area (Å²) >= 11 is 0. The van der Waals surface area contributed by atoms with Gasteiger partial charge in [0.2, 0.25) is 0 Å². The average Bonchev–Trinajstić information content (AvgIpc) is 2.85. The molecule has 4 heteroatoms. The molecule has 0 saturated carbocycles. The van der Waals surface area contributed by atoms with E-state index in [9.17, 15) is 0 Å². The summed E-state index contributed by atoms with van der Waals surface area (Å²) in [4.78, 5) is 8.72. The second kappa shape index (κ2) is 6.07. The lowest BCUT2D eigenvalue weighted by molar-refractivity contribution is 0.0997. The number of rotatable bonds is 5. The van der Waals surface area contributed by atoms with Gasteiger partial charge < -0.3 is 10.1 Å². The summed E-state index contributed by atoms with van der Waals surface area (Å²) < 4.78 is 5.64. The lowest BCUT2D eigenvalue weighted by Gasteiger charge is -2.17. The molecule has 1 saturated heterocycles. The van der Waals surface area contributed by atoms with Gasteiger partial charge in [0.05, 0.1) is 29.7 Å². The fraction of sp³-hybridized carbons (Fsp3) is 0.692. The van der Waals surface area contributed by atoms with E-state index in [1.807, 2.05) is 26.4 Å². The predicted octanol–water partition coefficient (Wildman–Crippen LogP) is 2.00. The first kappa shape index (κ1) is 12.5. The molecule has 2 unspecified atom stereocenters. The fourth-order valence-electron chi connectivity index (χ4n) is 2.25. The van der Waals surface area contributed by atoms with Crippen LogP contribution < -0.4 is 5.32 Å². The highest BCUT2D eigenvalue weighted by atomic mass is 16.5. The minimum atomic E-state index is 0.285. The maximum absolute atomic E-state index is 5.64. The Morgan fingerprint density at radius 3 is 2.94 bits per heavy atom. The highest BCUT2D eigenvalue weighted by Crippen LogP contribution is 2.22. The summed E-state index contributed by atoms with van der Waals surface area (Å²) in [6, 6.07) is 0.285. The van der Waals surface area contributed by atoms with Gasteiger partial charge in [-0.1, -0.05) is 0 Å². The third-order valence-electron chi connectivity index (χ3n) is 3.31. The first-order valence-electron chi connectivity index (χ1n) is 6.37. The number of hydrogen-bond acceptors (Lipinski definition) is 4. The van der Waals surface area contributed by atoms with Crippen molar-refractivity contribution in [1.29, 1.82) is 0 Å². The van der Waals surface area contributed by atoms with Crippen LogP contribution in [0.15, 0.2) is 12.4 Å². The van der Waals surface area contributed by atoms with E-state index < -0.39 is 0 Å². The molecular weight excluding hydrogens is 214 g/mol. The summed E-state index contributed by atoms with van der Waals surface area (Å²) in [5.41, 5.74) is 1.99. The average molecular weight is 235 g/mol. The van der Waals surface area contributed by atoms with Gasteiger partial charge in [-0.15, -0.1) is 0 Å². The maximum atomic E-state index is 5.64. The van der Waals surface area contributed by atoms with Crippen molar-refractivity contribution in [3.8, 4) is 0 Å². The summed E-state index contributed by atoms with van der Waals surface area (Å²) in [5, 5.41) is 3.30. The Bertz CT molecular complexity index is 333. The molecule has 0 radical (unpaired) electrons. The first-order valence-corrected chi connectivity index (χ1v) is 6.37. The normalized spacial score (nSPS) is 21.6. The van der Waals surface area contributed by atoms with Crippen molar-refractivity contribution in [2.75, 3.05) is 13.7 Å². The Labute approximate surface area is 103 Å². The van der Waals surface area contributed by atoms with Crippen LogP contribution in [0.1, 0.15) is 43.1 Å². The Hall–Kier alpha value is -1.00. The van der Waals surface area contributed by atoms with E-state index in [0.717, 1.165) is 30.8 Å². The van der Waals surface area contributed by atoms with Crippen molar-refractivity contribution in [1.82, 2.24) is 15.3 Å². The Balaban J connectivity index is 1.89. The minimum absolute atomic E-state index is 0.285. The number of nitrogens with one attached hydrogen (secondary N) is 1. The molecule has 94 valence electrons. The molecule has 1 fully saturated rings. The fourth-order valence-corrected chi connectivity index (χ4v) is 2.25. The predicted molar refractivity (Wildman–Crippen MR) is 66.8 cm³/mol. The van der Waals surface area contributed by atoms with Crippen molar-refractivity contribution in [3.63, 3.8) is 0 Å². The number of aryl methyl sites for hydroxylation is 1. The largest absolute Gasteiger partial charge is 0.378 e. The standard InChI is InChI=1S/C13H21N3O/c1-10-8-16-13(9-15-10)12(14-2)6-5-11-4-3-7-17-11/h8-9,11-12,14H,3-7H2,1-2H3. The lowest BCUT2D eigenvalue weighted by Crippen LogP contribution is -2.20. The third-order valence-corrected chi connectivity index (χ3v) is 3.31. The van der Waals surface area contributed by atoms with Crippen molar-refractivity contribution in [2.45, 2.75) is 44.8 Å². The summed E-state index contributed by atoms with van der Waals surface area (Å²) in [7, 11) is 1.97. The molecule has 2 atom stereocenters. The Morgan fingerprint density at radius 1 is 1.47 bits per heavy atom. The van der Waals surface area contributed by atoms with E-state index in [1.54, 1.807) is 0 Å². The smallest absolute Gasteiger partial charge is 0.0756 e. The van der Waals surface area contributed by atoms with Gasteiger partial charge in [-0.25, -0.2) is 0 Å². The van der Waals surface area contributed by atoms with Crippen LogP contribution in [0.3, 0.4) is 0 Å². The molecule has 0 aromatic carbocycles. The molecule has 1 aromatic heterocycles. The molecule has 2 rings (SSSR count). The molecule has 0 amide bonds. The van der Waals surface area contributed by atoms with Gasteiger partial charge >= 0.3 is 0 Å². The van der Waals surface area contributed by atoms with Crippen LogP contribution >= 0.6 is 0 Å². The maximum Gasteiger partial charge on any atom is 0.0756 e. The van der Waals surface area contributed by atoms with Gasteiger partial charge in [0.15, 0.2) is 0 Å².